The van der Waals surface area contributed by atoms with Crippen molar-refractivity contribution in [2.24, 2.45) is 0 Å². The molecule has 0 aromatic heterocycles. The number of hydrogen-bond donors (Lipinski definition) is 0. The highest BCUT2D eigenvalue weighted by Gasteiger charge is 2.23. The van der Waals surface area contributed by atoms with Crippen LogP contribution in [0.5, 0.6) is 0 Å². The molecule has 0 saturated carbocycles. The lowest BCUT2D eigenvalue weighted by molar-refractivity contribution is -0.118. The zero-order valence-electron chi connectivity index (χ0n) is 14.9. The molecule has 0 spiro atoms. The minimum absolute atomic E-state index is 0.0440. The van der Waals surface area contributed by atoms with Crippen LogP contribution in [0.3, 0.4) is 0 Å². The van der Waals surface area contributed by atoms with E-state index < -0.39 is 0 Å². The molecule has 4 nitrogen and oxygen atoms in total. The first kappa shape index (κ1) is 17.2. The summed E-state index contributed by atoms with van der Waals surface area (Å²) in [6.45, 7) is 4.69. The fourth-order valence-electron chi connectivity index (χ4n) is 3.40. The normalized spacial score (nSPS) is 13.3. The second kappa shape index (κ2) is 7.51. The van der Waals surface area contributed by atoms with E-state index in [4.69, 9.17) is 0 Å². The van der Waals surface area contributed by atoms with Crippen molar-refractivity contribution in [3.63, 3.8) is 0 Å². The summed E-state index contributed by atoms with van der Waals surface area (Å²) in [5, 5.41) is 0. The number of benzene rings is 2. The highest BCUT2D eigenvalue weighted by atomic mass is 16.2. The van der Waals surface area contributed by atoms with Crippen molar-refractivity contribution in [2.45, 2.75) is 33.1 Å². The lowest BCUT2D eigenvalue weighted by atomic mass is 10.0. The van der Waals surface area contributed by atoms with Crippen LogP contribution in [0.25, 0.3) is 0 Å². The minimum atomic E-state index is -0.0440. The smallest absolute Gasteiger partial charge is 0.228 e. The van der Waals surface area contributed by atoms with E-state index >= 15 is 0 Å². The fraction of sp³-hybridized carbons (Fsp3) is 0.333. The molecule has 0 saturated heterocycles. The van der Waals surface area contributed by atoms with Crippen molar-refractivity contribution in [3.8, 4) is 0 Å². The van der Waals surface area contributed by atoms with Gasteiger partial charge in [0.15, 0.2) is 0 Å². The minimum Gasteiger partial charge on any atom is -0.312 e. The van der Waals surface area contributed by atoms with Gasteiger partial charge in [0.25, 0.3) is 0 Å². The van der Waals surface area contributed by atoms with Crippen LogP contribution in [0, 0.1) is 6.92 Å². The summed E-state index contributed by atoms with van der Waals surface area (Å²) in [7, 11) is 0. The van der Waals surface area contributed by atoms with Crippen LogP contribution in [0.2, 0.25) is 0 Å². The second-order valence-electron chi connectivity index (χ2n) is 6.54. The van der Waals surface area contributed by atoms with E-state index in [2.05, 4.69) is 6.07 Å². The maximum absolute atomic E-state index is 12.8. The van der Waals surface area contributed by atoms with Crippen LogP contribution in [-0.2, 0) is 16.0 Å². The summed E-state index contributed by atoms with van der Waals surface area (Å²) in [5.74, 6) is 0.0310. The van der Waals surface area contributed by atoms with Gasteiger partial charge in [-0.1, -0.05) is 30.3 Å². The van der Waals surface area contributed by atoms with E-state index in [0.29, 0.717) is 13.0 Å². The molecule has 2 aromatic carbocycles. The van der Waals surface area contributed by atoms with Gasteiger partial charge in [-0.05, 0) is 49.1 Å². The highest BCUT2D eigenvalue weighted by molar-refractivity contribution is 5.97. The number of carbonyl (C=O) groups is 2. The summed E-state index contributed by atoms with van der Waals surface area (Å²) in [6.07, 6.45) is 2.32. The topological polar surface area (TPSA) is 40.6 Å². The molecule has 1 heterocycles. The van der Waals surface area contributed by atoms with Crippen molar-refractivity contribution in [1.82, 2.24) is 0 Å². The van der Waals surface area contributed by atoms with Gasteiger partial charge in [-0.25, -0.2) is 0 Å². The maximum atomic E-state index is 12.8. The summed E-state index contributed by atoms with van der Waals surface area (Å²) in [4.78, 5) is 28.4. The second-order valence-corrected chi connectivity index (χ2v) is 6.54. The molecule has 0 aliphatic carbocycles. The first-order valence-electron chi connectivity index (χ1n) is 8.79. The summed E-state index contributed by atoms with van der Waals surface area (Å²) < 4.78 is 0. The molecular weight excluding hydrogens is 312 g/mol. The van der Waals surface area contributed by atoms with Gasteiger partial charge in [0, 0.05) is 37.8 Å². The number of amides is 2. The van der Waals surface area contributed by atoms with Gasteiger partial charge in [-0.15, -0.1) is 0 Å². The summed E-state index contributed by atoms with van der Waals surface area (Å²) in [6, 6.07) is 15.9. The Hall–Kier alpha value is -2.62. The molecule has 130 valence electrons. The highest BCUT2D eigenvalue weighted by Crippen LogP contribution is 2.27. The quantitative estimate of drug-likeness (QED) is 0.854. The van der Waals surface area contributed by atoms with Gasteiger partial charge in [-0.3, -0.25) is 9.59 Å². The van der Waals surface area contributed by atoms with E-state index in [-0.39, 0.29) is 11.8 Å². The lowest BCUT2D eigenvalue weighted by Crippen LogP contribution is -2.38. The van der Waals surface area contributed by atoms with Crippen LogP contribution in [0.4, 0.5) is 11.4 Å². The van der Waals surface area contributed by atoms with E-state index in [1.807, 2.05) is 54.3 Å². The SMILES string of the molecule is CC(=O)N(CCC(=O)N1CCCc2ccccc21)c1cccc(C)c1. The van der Waals surface area contributed by atoms with E-state index in [9.17, 15) is 9.59 Å². The number of hydrogen-bond acceptors (Lipinski definition) is 2. The fourth-order valence-corrected chi connectivity index (χ4v) is 3.40. The molecule has 4 heteroatoms. The van der Waals surface area contributed by atoms with Crippen LogP contribution in [0.15, 0.2) is 48.5 Å². The molecule has 0 bridgehead atoms. The van der Waals surface area contributed by atoms with Gasteiger partial charge in [0.1, 0.15) is 0 Å². The molecule has 25 heavy (non-hydrogen) atoms. The Morgan fingerprint density at radius 1 is 1.12 bits per heavy atom. The van der Waals surface area contributed by atoms with Crippen LogP contribution >= 0.6 is 0 Å². The predicted molar refractivity (Wildman–Crippen MR) is 101 cm³/mol. The number of anilines is 2. The summed E-state index contributed by atoms with van der Waals surface area (Å²) in [5.41, 5.74) is 4.19. The molecule has 2 amide bonds. The number of carbonyl (C=O) groups excluding carboxylic acids is 2. The number of aryl methyl sites for hydroxylation is 2. The van der Waals surface area contributed by atoms with Crippen molar-refractivity contribution >= 4 is 23.2 Å². The number of para-hydroxylation sites is 1. The van der Waals surface area contributed by atoms with Crippen LogP contribution in [0.1, 0.15) is 30.9 Å². The largest absolute Gasteiger partial charge is 0.312 e. The average Bonchev–Trinajstić information content (AvgIpc) is 2.61. The number of fused-ring (bicyclic) bond motifs is 1. The molecule has 2 aromatic rings. The van der Waals surface area contributed by atoms with Gasteiger partial charge in [0.05, 0.1) is 0 Å². The maximum Gasteiger partial charge on any atom is 0.228 e. The van der Waals surface area contributed by atoms with Crippen LogP contribution in [-0.4, -0.2) is 24.9 Å². The van der Waals surface area contributed by atoms with Gasteiger partial charge >= 0.3 is 0 Å². The summed E-state index contributed by atoms with van der Waals surface area (Å²) >= 11 is 0. The zero-order valence-corrected chi connectivity index (χ0v) is 14.9. The standard InChI is InChI=1S/C21H24N2O2/c1-16-7-5-10-19(15-16)22(17(2)24)14-12-21(25)23-13-6-9-18-8-3-4-11-20(18)23/h3-5,7-8,10-11,15H,6,9,12-14H2,1-2H3. The monoisotopic (exact) mass is 336 g/mol. The third kappa shape index (κ3) is 3.90. The van der Waals surface area contributed by atoms with Crippen molar-refractivity contribution < 1.29 is 9.59 Å². The Bertz CT molecular complexity index is 785. The number of nitrogens with zero attached hydrogens (tertiary/aromatic N) is 2. The van der Waals surface area contributed by atoms with E-state index in [1.165, 1.54) is 5.56 Å². The average molecular weight is 336 g/mol. The van der Waals surface area contributed by atoms with Crippen molar-refractivity contribution in [1.29, 1.82) is 0 Å². The third-order valence-electron chi connectivity index (χ3n) is 4.65. The molecule has 0 unspecified atom stereocenters. The van der Waals surface area contributed by atoms with Gasteiger partial charge < -0.3 is 9.80 Å². The first-order valence-corrected chi connectivity index (χ1v) is 8.79. The molecule has 1 aliphatic rings. The first-order chi connectivity index (χ1) is 12.1. The predicted octanol–water partition coefficient (Wildman–Crippen LogP) is 3.72. The molecule has 0 fully saturated rings. The van der Waals surface area contributed by atoms with Gasteiger partial charge in [0.2, 0.25) is 11.8 Å². The van der Waals surface area contributed by atoms with Crippen LogP contribution < -0.4 is 9.80 Å². The Labute approximate surface area is 149 Å². The lowest BCUT2D eigenvalue weighted by Gasteiger charge is -2.30. The Morgan fingerprint density at radius 2 is 1.92 bits per heavy atom. The molecule has 3 rings (SSSR count). The van der Waals surface area contributed by atoms with Gasteiger partial charge in [-0.2, -0.15) is 0 Å². The molecule has 1 aliphatic heterocycles. The molecule has 0 atom stereocenters. The third-order valence-corrected chi connectivity index (χ3v) is 4.65. The Morgan fingerprint density at radius 3 is 2.68 bits per heavy atom. The molecular formula is C21H24N2O2. The van der Waals surface area contributed by atoms with E-state index in [1.54, 1.807) is 11.8 Å². The number of rotatable bonds is 4. The van der Waals surface area contributed by atoms with Crippen molar-refractivity contribution in [2.75, 3.05) is 22.9 Å². The molecule has 0 N–H and O–H groups in total. The van der Waals surface area contributed by atoms with E-state index in [0.717, 1.165) is 36.3 Å². The molecule has 0 radical (unpaired) electrons. The Kier molecular flexibility index (Phi) is 5.17. The van der Waals surface area contributed by atoms with Crippen molar-refractivity contribution in [3.05, 3.63) is 59.7 Å². The zero-order chi connectivity index (χ0) is 17.8. The Balaban J connectivity index is 1.72.